The molecule has 2 nitrogen and oxygen atoms in total. The topological polar surface area (TPSA) is 16.4 Å². The fourth-order valence-electron chi connectivity index (χ4n) is 8.67. The molecule has 1 aliphatic rings. The van der Waals surface area contributed by atoms with Crippen molar-refractivity contribution in [1.29, 1.82) is 0 Å². The van der Waals surface area contributed by atoms with Crippen molar-refractivity contribution in [2.45, 2.75) is 13.8 Å². The first-order valence-electron chi connectivity index (χ1n) is 18.7. The van der Waals surface area contributed by atoms with Crippen LogP contribution in [0.4, 0.5) is 17.1 Å². The van der Waals surface area contributed by atoms with Gasteiger partial charge in [0.1, 0.15) is 5.58 Å². The monoisotopic (exact) mass is 689 g/mol. The predicted molar refractivity (Wildman–Crippen MR) is 228 cm³/mol. The van der Waals surface area contributed by atoms with Gasteiger partial charge in [-0.1, -0.05) is 115 Å². The van der Waals surface area contributed by atoms with Crippen LogP contribution in [0.3, 0.4) is 0 Å². The first-order valence-corrected chi connectivity index (χ1v) is 18.7. The molecule has 2 heteroatoms. The number of fused-ring (bicyclic) bond motifs is 9. The maximum atomic E-state index is 6.66. The number of hydrogen-bond acceptors (Lipinski definition) is 2. The number of rotatable bonds is 5. The summed E-state index contributed by atoms with van der Waals surface area (Å²) >= 11 is 0. The van der Waals surface area contributed by atoms with E-state index in [2.05, 4.69) is 189 Å². The molecule has 0 unspecified atom stereocenters. The fourth-order valence-corrected chi connectivity index (χ4v) is 8.67. The van der Waals surface area contributed by atoms with E-state index in [1.54, 1.807) is 0 Å². The van der Waals surface area contributed by atoms with E-state index >= 15 is 0 Å². The zero-order chi connectivity index (χ0) is 35.9. The molecule has 11 rings (SSSR count). The Bertz CT molecular complexity index is 3120. The Morgan fingerprint density at radius 3 is 1.57 bits per heavy atom. The second-order valence-corrected chi connectivity index (χ2v) is 14.6. The zero-order valence-corrected chi connectivity index (χ0v) is 30.1. The molecule has 0 spiro atoms. The molecule has 9 aromatic carbocycles. The van der Waals surface area contributed by atoms with Gasteiger partial charge in [0.25, 0.3) is 0 Å². The highest BCUT2D eigenvalue weighted by molar-refractivity contribution is 6.14. The van der Waals surface area contributed by atoms with Gasteiger partial charge < -0.3 is 9.32 Å². The third kappa shape index (κ3) is 4.67. The average Bonchev–Trinajstić information content (AvgIpc) is 3.60. The molecule has 10 aromatic rings. The van der Waals surface area contributed by atoms with Crippen LogP contribution in [0.2, 0.25) is 0 Å². The molecule has 0 fully saturated rings. The normalized spacial score (nSPS) is 11.9. The second-order valence-electron chi connectivity index (χ2n) is 14.6. The molecule has 0 atom stereocenters. The largest absolute Gasteiger partial charge is 0.454 e. The van der Waals surface area contributed by atoms with Gasteiger partial charge in [0, 0.05) is 22.1 Å². The quantitative estimate of drug-likeness (QED) is 0.179. The molecule has 0 aliphatic heterocycles. The highest BCUT2D eigenvalue weighted by Crippen LogP contribution is 2.52. The van der Waals surface area contributed by atoms with Gasteiger partial charge >= 0.3 is 0 Å². The predicted octanol–water partition coefficient (Wildman–Crippen LogP) is 15.0. The summed E-state index contributed by atoms with van der Waals surface area (Å²) in [6.45, 7) is 4.37. The van der Waals surface area contributed by atoms with Crippen molar-refractivity contribution in [3.05, 3.63) is 187 Å². The maximum Gasteiger partial charge on any atom is 0.159 e. The number of nitrogens with zero attached hydrogens (tertiary/aromatic N) is 1. The Balaban J connectivity index is 1.07. The SMILES string of the molecule is Cc1ccccc1N(c1ccc2cc3c(cc2c1)-c1cc2cc(-c4ccccc4)c(-c4ccccc4)cc2cc1-3)c1c(C)ccc2c1oc1ccccc12. The molecule has 0 radical (unpaired) electrons. The van der Waals surface area contributed by atoms with Crippen LogP contribution in [0.1, 0.15) is 11.1 Å². The molecule has 0 saturated carbocycles. The summed E-state index contributed by atoms with van der Waals surface area (Å²) in [5.74, 6) is 0. The van der Waals surface area contributed by atoms with Gasteiger partial charge in [-0.25, -0.2) is 0 Å². The summed E-state index contributed by atoms with van der Waals surface area (Å²) in [5.41, 5.74) is 17.7. The molecule has 54 heavy (non-hydrogen) atoms. The van der Waals surface area contributed by atoms with Gasteiger partial charge in [0.15, 0.2) is 5.58 Å². The van der Waals surface area contributed by atoms with Gasteiger partial charge in [-0.15, -0.1) is 0 Å². The smallest absolute Gasteiger partial charge is 0.159 e. The number of anilines is 3. The van der Waals surface area contributed by atoms with Crippen molar-refractivity contribution in [3.8, 4) is 44.5 Å². The van der Waals surface area contributed by atoms with Crippen molar-refractivity contribution in [1.82, 2.24) is 0 Å². The highest BCUT2D eigenvalue weighted by Gasteiger charge is 2.26. The second kappa shape index (κ2) is 11.8. The van der Waals surface area contributed by atoms with Crippen LogP contribution >= 0.6 is 0 Å². The van der Waals surface area contributed by atoms with E-state index in [0.717, 1.165) is 44.6 Å². The molecule has 0 saturated heterocycles. The number of para-hydroxylation sites is 2. The molecule has 254 valence electrons. The lowest BCUT2D eigenvalue weighted by Gasteiger charge is -2.29. The average molecular weight is 690 g/mol. The number of hydrogen-bond donors (Lipinski definition) is 0. The van der Waals surface area contributed by atoms with E-state index < -0.39 is 0 Å². The van der Waals surface area contributed by atoms with Crippen molar-refractivity contribution in [3.63, 3.8) is 0 Å². The van der Waals surface area contributed by atoms with Gasteiger partial charge in [0.2, 0.25) is 0 Å². The Morgan fingerprint density at radius 2 is 0.926 bits per heavy atom. The van der Waals surface area contributed by atoms with Gasteiger partial charge in [-0.05, 0) is 152 Å². The third-order valence-corrected chi connectivity index (χ3v) is 11.4. The summed E-state index contributed by atoms with van der Waals surface area (Å²) < 4.78 is 6.66. The lowest BCUT2D eigenvalue weighted by Crippen LogP contribution is -2.13. The van der Waals surface area contributed by atoms with E-state index in [0.29, 0.717) is 0 Å². The van der Waals surface area contributed by atoms with Crippen LogP contribution in [0.25, 0.3) is 88.0 Å². The van der Waals surface area contributed by atoms with Gasteiger partial charge in [-0.3, -0.25) is 0 Å². The van der Waals surface area contributed by atoms with Crippen LogP contribution in [-0.4, -0.2) is 0 Å². The van der Waals surface area contributed by atoms with Crippen molar-refractivity contribution in [2.75, 3.05) is 4.90 Å². The van der Waals surface area contributed by atoms with Crippen LogP contribution in [0.15, 0.2) is 180 Å². The van der Waals surface area contributed by atoms with Gasteiger partial charge in [-0.2, -0.15) is 0 Å². The van der Waals surface area contributed by atoms with E-state index in [-0.39, 0.29) is 0 Å². The Kier molecular flexibility index (Phi) is 6.72. The van der Waals surface area contributed by atoms with Crippen LogP contribution in [0.5, 0.6) is 0 Å². The first-order chi connectivity index (χ1) is 26.6. The number of aryl methyl sites for hydroxylation is 2. The van der Waals surface area contributed by atoms with Crippen LogP contribution in [-0.2, 0) is 0 Å². The Labute approximate surface area is 314 Å². The molecule has 0 N–H and O–H groups in total. The minimum absolute atomic E-state index is 0.903. The summed E-state index contributed by atoms with van der Waals surface area (Å²) in [7, 11) is 0. The lowest BCUT2D eigenvalue weighted by atomic mass is 9.77. The molecular weight excluding hydrogens is 655 g/mol. The van der Waals surface area contributed by atoms with E-state index in [4.69, 9.17) is 4.42 Å². The fraction of sp³-hybridized carbons (Fsp3) is 0.0385. The molecule has 0 amide bonds. The minimum Gasteiger partial charge on any atom is -0.454 e. The van der Waals surface area contributed by atoms with Crippen molar-refractivity contribution in [2.24, 2.45) is 0 Å². The van der Waals surface area contributed by atoms with E-state index in [1.165, 1.54) is 71.6 Å². The molecule has 1 aliphatic carbocycles. The Hall–Kier alpha value is -6.90. The number of furan rings is 1. The first kappa shape index (κ1) is 30.7. The molecular formula is C52H35NO. The summed E-state index contributed by atoms with van der Waals surface area (Å²) in [6.07, 6.45) is 0. The molecule has 1 aromatic heterocycles. The standard InChI is InChI=1S/C52H35NO/c1-32-13-9-11-19-49(32)53(51-33(2)21-24-42-41-18-10-12-20-50(41)54-52(42)51)40-23-22-36-26-45-46(29-37(36)25-40)48-31-39-28-44(35-16-7-4-8-17-35)43(27-38(39)30-47(45)48)34-14-5-3-6-15-34/h3-31H,1-2H3. The third-order valence-electron chi connectivity index (χ3n) is 11.4. The number of benzene rings is 9. The Morgan fingerprint density at radius 1 is 0.389 bits per heavy atom. The highest BCUT2D eigenvalue weighted by atomic mass is 16.3. The summed E-state index contributed by atoms with van der Waals surface area (Å²) in [6, 6.07) is 64.1. The summed E-state index contributed by atoms with van der Waals surface area (Å²) in [4.78, 5) is 2.39. The summed E-state index contributed by atoms with van der Waals surface area (Å²) in [5, 5.41) is 7.23. The van der Waals surface area contributed by atoms with Crippen LogP contribution < -0.4 is 4.90 Å². The van der Waals surface area contributed by atoms with Gasteiger partial charge in [0.05, 0.1) is 5.69 Å². The molecule has 0 bridgehead atoms. The zero-order valence-electron chi connectivity index (χ0n) is 30.1. The lowest BCUT2D eigenvalue weighted by molar-refractivity contribution is 0.668. The van der Waals surface area contributed by atoms with Crippen molar-refractivity contribution >= 4 is 60.5 Å². The van der Waals surface area contributed by atoms with E-state index in [1.807, 2.05) is 6.07 Å². The van der Waals surface area contributed by atoms with Crippen molar-refractivity contribution < 1.29 is 4.42 Å². The maximum absolute atomic E-state index is 6.66. The van der Waals surface area contributed by atoms with E-state index in [9.17, 15) is 0 Å². The minimum atomic E-state index is 0.903. The van der Waals surface area contributed by atoms with Crippen LogP contribution in [0, 0.1) is 13.8 Å². The molecule has 1 heterocycles.